The maximum Gasteiger partial charge on any atom is 0.262 e. The van der Waals surface area contributed by atoms with E-state index >= 15 is 0 Å². The summed E-state index contributed by atoms with van der Waals surface area (Å²) in [7, 11) is 0. The van der Waals surface area contributed by atoms with Crippen molar-refractivity contribution < 1.29 is 19.2 Å². The molecular formula is C28H36N4O4S. The molecule has 37 heavy (non-hydrogen) atoms. The lowest BCUT2D eigenvalue weighted by Gasteiger charge is -2.29. The Morgan fingerprint density at radius 3 is 2.38 bits per heavy atom. The fourth-order valence-electron chi connectivity index (χ4n) is 5.17. The zero-order valence-corrected chi connectivity index (χ0v) is 22.7. The minimum absolute atomic E-state index is 0.0307. The molecule has 1 aromatic heterocycles. The SMILES string of the molecule is CC(C)CC(NC(=O)c1ccc(-c2ccccc2)s1)C(=O)N1CCC2C1C(=O)CN2C(=O)C(N)C(C)C. The van der Waals surface area contributed by atoms with Crippen molar-refractivity contribution in [2.24, 2.45) is 17.6 Å². The second kappa shape index (κ2) is 11.1. The number of fused-ring (bicyclic) bond motifs is 1. The van der Waals surface area contributed by atoms with Crippen molar-refractivity contribution in [2.45, 2.75) is 64.7 Å². The normalized spacial score (nSPS) is 20.9. The number of nitrogens with one attached hydrogen (secondary N) is 1. The number of likely N-dealkylation sites (tertiary alicyclic amines) is 2. The van der Waals surface area contributed by atoms with Crippen LogP contribution in [-0.4, -0.2) is 70.6 Å². The molecule has 198 valence electrons. The summed E-state index contributed by atoms with van der Waals surface area (Å²) < 4.78 is 0. The van der Waals surface area contributed by atoms with Gasteiger partial charge in [0.15, 0.2) is 5.78 Å². The lowest BCUT2D eigenvalue weighted by atomic mass is 10.0. The van der Waals surface area contributed by atoms with E-state index in [0.29, 0.717) is 24.3 Å². The number of amides is 3. The Hall–Kier alpha value is -3.04. The van der Waals surface area contributed by atoms with E-state index in [4.69, 9.17) is 5.73 Å². The monoisotopic (exact) mass is 524 g/mol. The van der Waals surface area contributed by atoms with E-state index in [2.05, 4.69) is 5.32 Å². The first-order valence-corrected chi connectivity index (χ1v) is 13.8. The number of carbonyl (C=O) groups excluding carboxylic acids is 4. The maximum absolute atomic E-state index is 13.7. The van der Waals surface area contributed by atoms with Crippen molar-refractivity contribution >= 4 is 34.8 Å². The molecular weight excluding hydrogens is 488 g/mol. The largest absolute Gasteiger partial charge is 0.340 e. The van der Waals surface area contributed by atoms with Crippen LogP contribution in [0.2, 0.25) is 0 Å². The number of thiophene rings is 1. The topological polar surface area (TPSA) is 113 Å². The van der Waals surface area contributed by atoms with Crippen LogP contribution < -0.4 is 11.1 Å². The van der Waals surface area contributed by atoms with Gasteiger partial charge in [0, 0.05) is 11.4 Å². The number of rotatable bonds is 8. The second-order valence-electron chi connectivity index (χ2n) is 10.7. The average Bonchev–Trinajstić information content (AvgIpc) is 3.60. The number of hydrogen-bond acceptors (Lipinski definition) is 6. The van der Waals surface area contributed by atoms with E-state index in [1.807, 2.05) is 64.1 Å². The van der Waals surface area contributed by atoms with Crippen LogP contribution in [0.25, 0.3) is 10.4 Å². The number of benzene rings is 1. The smallest absolute Gasteiger partial charge is 0.262 e. The molecule has 1 aromatic carbocycles. The second-order valence-corrected chi connectivity index (χ2v) is 11.8. The van der Waals surface area contributed by atoms with E-state index in [1.54, 1.807) is 15.9 Å². The summed E-state index contributed by atoms with van der Waals surface area (Å²) in [6.45, 7) is 8.06. The molecule has 3 N–H and O–H groups in total. The molecule has 2 aliphatic heterocycles. The van der Waals surface area contributed by atoms with E-state index in [-0.39, 0.29) is 47.9 Å². The minimum atomic E-state index is -0.760. The third-order valence-electron chi connectivity index (χ3n) is 7.19. The highest BCUT2D eigenvalue weighted by atomic mass is 32.1. The molecule has 3 amide bonds. The molecule has 0 spiro atoms. The predicted octanol–water partition coefficient (Wildman–Crippen LogP) is 2.92. The van der Waals surface area contributed by atoms with Gasteiger partial charge in [-0.1, -0.05) is 58.0 Å². The van der Waals surface area contributed by atoms with Gasteiger partial charge in [0.25, 0.3) is 5.91 Å². The van der Waals surface area contributed by atoms with Gasteiger partial charge in [-0.05, 0) is 42.4 Å². The van der Waals surface area contributed by atoms with Crippen LogP contribution in [0.5, 0.6) is 0 Å². The summed E-state index contributed by atoms with van der Waals surface area (Å²) in [5, 5.41) is 2.94. The van der Waals surface area contributed by atoms with Crippen LogP contribution in [-0.2, 0) is 14.4 Å². The standard InChI is InChI=1S/C28H36N4O4S/c1-16(2)14-19(30-26(34)23-11-10-22(37-23)18-8-6-5-7-9-18)27(35)31-13-12-20-25(31)21(33)15-32(20)28(36)24(29)17(3)4/h5-11,16-17,19-20,24-25H,12-15,29H2,1-4H3,(H,30,34). The van der Waals surface area contributed by atoms with Gasteiger partial charge in [-0.15, -0.1) is 11.3 Å². The summed E-state index contributed by atoms with van der Waals surface area (Å²) in [5.41, 5.74) is 7.11. The van der Waals surface area contributed by atoms with Gasteiger partial charge >= 0.3 is 0 Å². The molecule has 8 nitrogen and oxygen atoms in total. The van der Waals surface area contributed by atoms with E-state index < -0.39 is 18.1 Å². The van der Waals surface area contributed by atoms with E-state index in [0.717, 1.165) is 10.4 Å². The molecule has 2 aromatic rings. The Morgan fingerprint density at radius 2 is 1.73 bits per heavy atom. The molecule has 4 rings (SSSR count). The molecule has 2 aliphatic rings. The summed E-state index contributed by atoms with van der Waals surface area (Å²) in [6, 6.07) is 11.0. The van der Waals surface area contributed by atoms with Gasteiger partial charge in [0.1, 0.15) is 12.1 Å². The fraction of sp³-hybridized carbons (Fsp3) is 0.500. The van der Waals surface area contributed by atoms with E-state index in [9.17, 15) is 19.2 Å². The predicted molar refractivity (Wildman–Crippen MR) is 144 cm³/mol. The Balaban J connectivity index is 1.49. The Morgan fingerprint density at radius 1 is 1.03 bits per heavy atom. The van der Waals surface area contributed by atoms with Gasteiger partial charge in [0.05, 0.1) is 23.5 Å². The van der Waals surface area contributed by atoms with Gasteiger partial charge in [-0.2, -0.15) is 0 Å². The quantitative estimate of drug-likeness (QED) is 0.551. The van der Waals surface area contributed by atoms with Crippen LogP contribution in [0, 0.1) is 11.8 Å². The van der Waals surface area contributed by atoms with Crippen molar-refractivity contribution in [1.29, 1.82) is 0 Å². The number of nitrogens with two attached hydrogens (primary N) is 1. The molecule has 2 saturated heterocycles. The Labute approximate surface area is 222 Å². The molecule has 4 unspecified atom stereocenters. The van der Waals surface area contributed by atoms with Crippen molar-refractivity contribution in [3.05, 3.63) is 47.3 Å². The number of hydrogen-bond donors (Lipinski definition) is 2. The Kier molecular flexibility index (Phi) is 8.14. The highest BCUT2D eigenvalue weighted by Crippen LogP contribution is 2.32. The minimum Gasteiger partial charge on any atom is -0.340 e. The number of ketones is 1. The molecule has 3 heterocycles. The van der Waals surface area contributed by atoms with Gasteiger partial charge in [-0.25, -0.2) is 0 Å². The van der Waals surface area contributed by atoms with E-state index in [1.165, 1.54) is 11.3 Å². The summed E-state index contributed by atoms with van der Waals surface area (Å²) in [5.74, 6) is -0.877. The highest BCUT2D eigenvalue weighted by molar-refractivity contribution is 7.17. The molecule has 0 radical (unpaired) electrons. The average molecular weight is 525 g/mol. The first-order valence-electron chi connectivity index (χ1n) is 12.9. The number of nitrogens with zero attached hydrogens (tertiary/aromatic N) is 2. The number of carbonyl (C=O) groups is 4. The lowest BCUT2D eigenvalue weighted by molar-refractivity contribution is -0.138. The van der Waals surface area contributed by atoms with Crippen LogP contribution in [0.4, 0.5) is 0 Å². The molecule has 9 heteroatoms. The Bertz CT molecular complexity index is 1160. The van der Waals surface area contributed by atoms with Crippen molar-refractivity contribution in [2.75, 3.05) is 13.1 Å². The number of Topliss-reactive ketones (excluding diaryl/α,β-unsaturated/α-hetero) is 1. The van der Waals surface area contributed by atoms with Crippen molar-refractivity contribution in [1.82, 2.24) is 15.1 Å². The molecule has 2 fully saturated rings. The van der Waals surface area contributed by atoms with Crippen LogP contribution in [0.1, 0.15) is 50.2 Å². The van der Waals surface area contributed by atoms with Crippen LogP contribution in [0.15, 0.2) is 42.5 Å². The van der Waals surface area contributed by atoms with Crippen LogP contribution in [0.3, 0.4) is 0 Å². The fourth-order valence-corrected chi connectivity index (χ4v) is 6.09. The molecule has 0 saturated carbocycles. The van der Waals surface area contributed by atoms with Gasteiger partial charge < -0.3 is 20.9 Å². The van der Waals surface area contributed by atoms with Crippen LogP contribution >= 0.6 is 11.3 Å². The van der Waals surface area contributed by atoms with Gasteiger partial charge in [0.2, 0.25) is 11.8 Å². The highest BCUT2D eigenvalue weighted by Gasteiger charge is 2.52. The lowest BCUT2D eigenvalue weighted by Crippen LogP contribution is -2.53. The third kappa shape index (κ3) is 5.62. The summed E-state index contributed by atoms with van der Waals surface area (Å²) >= 11 is 1.38. The summed E-state index contributed by atoms with van der Waals surface area (Å²) in [6.07, 6.45) is 0.969. The molecule has 4 atom stereocenters. The maximum atomic E-state index is 13.7. The first kappa shape index (κ1) is 27.0. The zero-order valence-electron chi connectivity index (χ0n) is 21.8. The zero-order chi connectivity index (χ0) is 26.9. The molecule has 0 bridgehead atoms. The first-order chi connectivity index (χ1) is 17.6. The summed E-state index contributed by atoms with van der Waals surface area (Å²) in [4.78, 5) is 57.4. The molecule has 0 aliphatic carbocycles. The van der Waals surface area contributed by atoms with Gasteiger partial charge in [-0.3, -0.25) is 19.2 Å². The van der Waals surface area contributed by atoms with Crippen molar-refractivity contribution in [3.63, 3.8) is 0 Å². The van der Waals surface area contributed by atoms with Crippen molar-refractivity contribution in [3.8, 4) is 10.4 Å². The third-order valence-corrected chi connectivity index (χ3v) is 8.32.